The van der Waals surface area contributed by atoms with E-state index in [0.717, 1.165) is 32.4 Å². The molecule has 1 heterocycles. The second kappa shape index (κ2) is 6.71. The van der Waals surface area contributed by atoms with Gasteiger partial charge in [-0.15, -0.1) is 0 Å². The van der Waals surface area contributed by atoms with E-state index >= 15 is 0 Å². The summed E-state index contributed by atoms with van der Waals surface area (Å²) < 4.78 is 10.9. The van der Waals surface area contributed by atoms with Crippen molar-refractivity contribution < 1.29 is 14.3 Å². The molecule has 1 spiro atoms. The summed E-state index contributed by atoms with van der Waals surface area (Å²) in [6.45, 7) is 4.39. The maximum Gasteiger partial charge on any atom is 0.319 e. The molecule has 0 aromatic heterocycles. The van der Waals surface area contributed by atoms with Gasteiger partial charge in [-0.25, -0.2) is 0 Å². The van der Waals surface area contributed by atoms with Gasteiger partial charge in [-0.05, 0) is 38.6 Å². The molecule has 1 aliphatic heterocycles. The number of carbonyl (C=O) groups excluding carboxylic acids is 1. The molecule has 2 fully saturated rings. The van der Waals surface area contributed by atoms with Crippen LogP contribution in [0.1, 0.15) is 51.9 Å². The Bertz CT molecular complexity index is 300. The number of rotatable bonds is 5. The van der Waals surface area contributed by atoms with Crippen molar-refractivity contribution in [3.05, 3.63) is 0 Å². The molecule has 1 atom stereocenters. The number of hydrogen-bond acceptors (Lipinski definition) is 4. The number of nitrogens with zero attached hydrogens (tertiary/aromatic N) is 1. The normalized spacial score (nSPS) is 25.9. The Hall–Kier alpha value is -0.610. The third kappa shape index (κ3) is 3.69. The Balaban J connectivity index is 1.97. The highest BCUT2D eigenvalue weighted by Crippen LogP contribution is 2.41. The van der Waals surface area contributed by atoms with Crippen LogP contribution in [0.15, 0.2) is 0 Å². The van der Waals surface area contributed by atoms with Gasteiger partial charge in [0.25, 0.3) is 0 Å². The maximum atomic E-state index is 11.6. The molecule has 2 rings (SSSR count). The van der Waals surface area contributed by atoms with Crippen molar-refractivity contribution >= 4 is 5.97 Å². The van der Waals surface area contributed by atoms with E-state index in [9.17, 15) is 4.79 Å². The lowest BCUT2D eigenvalue weighted by atomic mass is 9.88. The van der Waals surface area contributed by atoms with E-state index in [1.165, 1.54) is 32.8 Å². The summed E-state index contributed by atoms with van der Waals surface area (Å²) in [5.74, 6) is -0.125. The van der Waals surface area contributed by atoms with Crippen LogP contribution < -0.4 is 0 Å². The maximum absolute atomic E-state index is 11.6. The first-order chi connectivity index (χ1) is 9.19. The molecule has 1 saturated heterocycles. The van der Waals surface area contributed by atoms with Crippen LogP contribution in [0.4, 0.5) is 0 Å². The van der Waals surface area contributed by atoms with Gasteiger partial charge in [0.2, 0.25) is 0 Å². The van der Waals surface area contributed by atoms with Crippen LogP contribution in [0.25, 0.3) is 0 Å². The van der Waals surface area contributed by atoms with Crippen molar-refractivity contribution in [2.45, 2.75) is 63.5 Å². The molecule has 0 radical (unpaired) electrons. The van der Waals surface area contributed by atoms with Crippen LogP contribution in [-0.4, -0.2) is 49.3 Å². The first-order valence-corrected chi connectivity index (χ1v) is 7.64. The fraction of sp³-hybridized carbons (Fsp3) is 0.933. The summed E-state index contributed by atoms with van der Waals surface area (Å²) in [5, 5.41) is 0. The van der Waals surface area contributed by atoms with Crippen LogP contribution in [0.5, 0.6) is 0 Å². The largest absolute Gasteiger partial charge is 0.468 e. The summed E-state index contributed by atoms with van der Waals surface area (Å²) >= 11 is 0. The van der Waals surface area contributed by atoms with E-state index in [1.54, 1.807) is 0 Å². The monoisotopic (exact) mass is 269 g/mol. The number of carbonyl (C=O) groups is 1. The minimum Gasteiger partial charge on any atom is -0.468 e. The SMILES string of the molecule is CCCN(CC(=O)OC)C1CCOC2(CCCC2)C1. The predicted octanol–water partition coefficient (Wildman–Crippen LogP) is 2.36. The number of ether oxygens (including phenoxy) is 2. The Morgan fingerprint density at radius 3 is 2.79 bits per heavy atom. The minimum atomic E-state index is -0.125. The molecule has 19 heavy (non-hydrogen) atoms. The van der Waals surface area contributed by atoms with E-state index in [2.05, 4.69) is 11.8 Å². The highest BCUT2D eigenvalue weighted by Gasteiger charge is 2.41. The summed E-state index contributed by atoms with van der Waals surface area (Å²) in [6, 6.07) is 0.478. The van der Waals surface area contributed by atoms with E-state index in [0.29, 0.717) is 12.6 Å². The van der Waals surface area contributed by atoms with Crippen molar-refractivity contribution in [1.82, 2.24) is 4.90 Å². The lowest BCUT2D eigenvalue weighted by Crippen LogP contribution is -2.49. The average molecular weight is 269 g/mol. The molecule has 0 aromatic rings. The fourth-order valence-corrected chi connectivity index (χ4v) is 3.59. The molecular weight excluding hydrogens is 242 g/mol. The molecule has 1 aliphatic carbocycles. The Labute approximate surface area is 116 Å². The molecule has 0 N–H and O–H groups in total. The van der Waals surface area contributed by atoms with Gasteiger partial charge in [-0.3, -0.25) is 9.69 Å². The minimum absolute atomic E-state index is 0.116. The highest BCUT2D eigenvalue weighted by atomic mass is 16.5. The number of hydrogen-bond donors (Lipinski definition) is 0. The molecule has 1 unspecified atom stereocenters. The molecule has 110 valence electrons. The molecule has 0 bridgehead atoms. The Morgan fingerprint density at radius 2 is 2.16 bits per heavy atom. The van der Waals surface area contributed by atoms with E-state index in [1.807, 2.05) is 0 Å². The van der Waals surface area contributed by atoms with Crippen molar-refractivity contribution in [2.75, 3.05) is 26.8 Å². The molecule has 2 aliphatic rings. The zero-order chi connectivity index (χ0) is 13.7. The van der Waals surface area contributed by atoms with Gasteiger partial charge in [0, 0.05) is 12.6 Å². The topological polar surface area (TPSA) is 38.8 Å². The zero-order valence-corrected chi connectivity index (χ0v) is 12.3. The van der Waals surface area contributed by atoms with Crippen LogP contribution in [-0.2, 0) is 14.3 Å². The highest BCUT2D eigenvalue weighted by molar-refractivity contribution is 5.71. The summed E-state index contributed by atoms with van der Waals surface area (Å²) in [5.41, 5.74) is 0.116. The first-order valence-electron chi connectivity index (χ1n) is 7.64. The molecular formula is C15H27NO3. The standard InChI is InChI=1S/C15H27NO3/c1-3-9-16(12-14(17)18-2)13-6-10-19-15(11-13)7-4-5-8-15/h13H,3-12H2,1-2H3. The lowest BCUT2D eigenvalue weighted by molar-refractivity contribution is -0.145. The smallest absolute Gasteiger partial charge is 0.319 e. The van der Waals surface area contributed by atoms with Gasteiger partial charge in [-0.1, -0.05) is 19.8 Å². The average Bonchev–Trinajstić information content (AvgIpc) is 2.86. The molecule has 4 heteroatoms. The van der Waals surface area contributed by atoms with Crippen molar-refractivity contribution in [3.63, 3.8) is 0 Å². The van der Waals surface area contributed by atoms with Gasteiger partial charge in [-0.2, -0.15) is 0 Å². The van der Waals surface area contributed by atoms with Crippen molar-refractivity contribution in [2.24, 2.45) is 0 Å². The summed E-state index contributed by atoms with van der Waals surface area (Å²) in [4.78, 5) is 13.9. The Kier molecular flexibility index (Phi) is 5.22. The zero-order valence-electron chi connectivity index (χ0n) is 12.3. The van der Waals surface area contributed by atoms with Gasteiger partial charge < -0.3 is 9.47 Å². The van der Waals surface area contributed by atoms with Crippen LogP contribution in [0.3, 0.4) is 0 Å². The van der Waals surface area contributed by atoms with Crippen molar-refractivity contribution in [1.29, 1.82) is 0 Å². The van der Waals surface area contributed by atoms with Gasteiger partial charge in [0.1, 0.15) is 0 Å². The van der Waals surface area contributed by atoms with Crippen LogP contribution >= 0.6 is 0 Å². The Morgan fingerprint density at radius 1 is 1.42 bits per heavy atom. The van der Waals surface area contributed by atoms with Gasteiger partial charge in [0.15, 0.2) is 0 Å². The molecule has 0 aromatic carbocycles. The number of methoxy groups -OCH3 is 1. The molecule has 4 nitrogen and oxygen atoms in total. The van der Waals surface area contributed by atoms with Gasteiger partial charge in [0.05, 0.1) is 19.3 Å². The first kappa shape index (κ1) is 14.8. The lowest BCUT2D eigenvalue weighted by Gasteiger charge is -2.42. The van der Waals surface area contributed by atoms with Crippen LogP contribution in [0, 0.1) is 0 Å². The predicted molar refractivity (Wildman–Crippen MR) is 74.1 cm³/mol. The summed E-state index contributed by atoms with van der Waals surface area (Å²) in [6.07, 6.45) is 8.17. The number of esters is 1. The van der Waals surface area contributed by atoms with Gasteiger partial charge >= 0.3 is 5.97 Å². The van der Waals surface area contributed by atoms with E-state index in [-0.39, 0.29) is 11.6 Å². The van der Waals surface area contributed by atoms with Crippen LogP contribution in [0.2, 0.25) is 0 Å². The molecule has 0 amide bonds. The summed E-state index contributed by atoms with van der Waals surface area (Å²) in [7, 11) is 1.47. The van der Waals surface area contributed by atoms with E-state index in [4.69, 9.17) is 9.47 Å². The van der Waals surface area contributed by atoms with E-state index < -0.39 is 0 Å². The van der Waals surface area contributed by atoms with Crippen molar-refractivity contribution in [3.8, 4) is 0 Å². The molecule has 1 saturated carbocycles. The second-order valence-corrected chi connectivity index (χ2v) is 5.93. The third-order valence-electron chi connectivity index (χ3n) is 4.57. The third-order valence-corrected chi connectivity index (χ3v) is 4.57. The fourth-order valence-electron chi connectivity index (χ4n) is 3.59. The second-order valence-electron chi connectivity index (χ2n) is 5.93. The quantitative estimate of drug-likeness (QED) is 0.718.